The van der Waals surface area contributed by atoms with Crippen LogP contribution in [0.1, 0.15) is 33.6 Å². The van der Waals surface area contributed by atoms with Gasteiger partial charge in [0.1, 0.15) is 32.8 Å². The zero-order chi connectivity index (χ0) is 20.9. The minimum atomic E-state index is -1.52. The molecule has 0 aromatic carbocycles. The van der Waals surface area contributed by atoms with E-state index in [1.54, 1.807) is 6.92 Å². The summed E-state index contributed by atoms with van der Waals surface area (Å²) in [5, 5.41) is 11.7. The number of esters is 3. The van der Waals surface area contributed by atoms with E-state index in [1.807, 2.05) is 0 Å². The number of aliphatic carboxylic acids is 1. The van der Waals surface area contributed by atoms with Crippen molar-refractivity contribution >= 4 is 71.7 Å². The van der Waals surface area contributed by atoms with Crippen molar-refractivity contribution in [3.8, 4) is 0 Å². The zero-order valence-electron chi connectivity index (χ0n) is 14.9. The summed E-state index contributed by atoms with van der Waals surface area (Å²) in [7, 11) is 0. The molecule has 0 radical (unpaired) electrons. The first-order valence-electron chi connectivity index (χ1n) is 8.18. The Morgan fingerprint density at radius 3 is 1.41 bits per heavy atom. The van der Waals surface area contributed by atoms with Crippen LogP contribution in [-0.2, 0) is 33.4 Å². The lowest BCUT2D eigenvalue weighted by molar-refractivity contribution is -0.319. The van der Waals surface area contributed by atoms with Gasteiger partial charge in [0.25, 0.3) is 0 Å². The number of hydrogen-bond acceptors (Lipinski definition) is 8. The maximum Gasteiger partial charge on any atom is 0.319 e. The number of rotatable bonds is 7. The van der Waals surface area contributed by atoms with Gasteiger partial charge in [0, 0.05) is 12.8 Å². The fraction of sp³-hybridized carbons (Fsp3) is 0.750. The summed E-state index contributed by atoms with van der Waals surface area (Å²) in [6.07, 6.45) is -3.24. The highest BCUT2D eigenvalue weighted by molar-refractivity contribution is 9.10. The second kappa shape index (κ2) is 10.8. The average Bonchev–Trinajstić information content (AvgIpc) is 2.53. The molecule has 0 aromatic heterocycles. The highest BCUT2D eigenvalue weighted by Crippen LogP contribution is 2.33. The summed E-state index contributed by atoms with van der Waals surface area (Å²) in [5.41, 5.74) is 0. The van der Waals surface area contributed by atoms with Crippen LogP contribution in [0.5, 0.6) is 0 Å². The molecule has 0 spiro atoms. The molecule has 1 aliphatic rings. The lowest BCUT2D eigenvalue weighted by Crippen LogP contribution is -2.55. The largest absolute Gasteiger partial charge is 0.550 e. The van der Waals surface area contributed by atoms with Crippen LogP contribution in [0.2, 0.25) is 0 Å². The molecule has 8 nitrogen and oxygen atoms in total. The highest BCUT2D eigenvalue weighted by atomic mass is 79.9. The first-order chi connectivity index (χ1) is 12.4. The van der Waals surface area contributed by atoms with Gasteiger partial charge in [-0.05, 0) is 20.8 Å². The molecule has 0 amide bonds. The van der Waals surface area contributed by atoms with E-state index < -0.39 is 62.6 Å². The molecule has 0 bridgehead atoms. The van der Waals surface area contributed by atoms with Gasteiger partial charge in [-0.1, -0.05) is 47.8 Å². The summed E-state index contributed by atoms with van der Waals surface area (Å²) < 4.78 is 15.8. The van der Waals surface area contributed by atoms with Crippen molar-refractivity contribution in [3.63, 3.8) is 0 Å². The van der Waals surface area contributed by atoms with Gasteiger partial charge < -0.3 is 24.1 Å². The number of carbonyl (C=O) groups excluding carboxylic acids is 4. The maximum absolute atomic E-state index is 11.9. The standard InChI is InChI=1S/C16H21Br3O8/c1-6(17)14(22)25-9-4-10(26-15(23)7(2)18)12(13(20)21)11(5-9)27-16(24)8(3)19/h6-12H,4-5H2,1-3H3,(H,20,21)/p-1. The van der Waals surface area contributed by atoms with Crippen molar-refractivity contribution < 1.29 is 38.5 Å². The fourth-order valence-corrected chi connectivity index (χ4v) is 2.86. The Morgan fingerprint density at radius 2 is 1.11 bits per heavy atom. The Morgan fingerprint density at radius 1 is 0.778 bits per heavy atom. The van der Waals surface area contributed by atoms with Gasteiger partial charge in [-0.3, -0.25) is 14.4 Å². The first-order valence-corrected chi connectivity index (χ1v) is 10.9. The van der Waals surface area contributed by atoms with Crippen LogP contribution >= 0.6 is 47.8 Å². The van der Waals surface area contributed by atoms with E-state index in [0.29, 0.717) is 0 Å². The van der Waals surface area contributed by atoms with Gasteiger partial charge in [-0.2, -0.15) is 0 Å². The van der Waals surface area contributed by atoms with E-state index in [9.17, 15) is 24.3 Å². The van der Waals surface area contributed by atoms with Crippen molar-refractivity contribution in [3.05, 3.63) is 0 Å². The molecule has 0 N–H and O–H groups in total. The number of halogens is 3. The Kier molecular flexibility index (Phi) is 9.70. The molecule has 0 aromatic rings. The SMILES string of the molecule is CC(Br)C(=O)OC1CC(OC(=O)C(C)Br)C(C(=O)[O-])C(OC(=O)C(C)Br)C1. The van der Waals surface area contributed by atoms with Crippen molar-refractivity contribution in [1.29, 1.82) is 0 Å². The lowest BCUT2D eigenvalue weighted by atomic mass is 9.82. The second-order valence-corrected chi connectivity index (χ2v) is 10.3. The molecule has 154 valence electrons. The molecule has 0 aliphatic heterocycles. The van der Waals surface area contributed by atoms with Gasteiger partial charge in [0.2, 0.25) is 0 Å². The van der Waals surface area contributed by atoms with E-state index in [0.717, 1.165) is 0 Å². The highest BCUT2D eigenvalue weighted by Gasteiger charge is 2.45. The van der Waals surface area contributed by atoms with E-state index in [-0.39, 0.29) is 12.8 Å². The first kappa shape index (κ1) is 24.4. The molecule has 5 unspecified atom stereocenters. The number of ether oxygens (including phenoxy) is 3. The smallest absolute Gasteiger partial charge is 0.319 e. The van der Waals surface area contributed by atoms with Crippen LogP contribution < -0.4 is 5.11 Å². The molecule has 27 heavy (non-hydrogen) atoms. The Hall–Kier alpha value is -0.680. The van der Waals surface area contributed by atoms with Crippen molar-refractivity contribution in [2.45, 2.75) is 66.4 Å². The third kappa shape index (κ3) is 7.34. The lowest BCUT2D eigenvalue weighted by Gasteiger charge is -2.41. The molecule has 5 atom stereocenters. The fourth-order valence-electron chi connectivity index (χ4n) is 2.53. The summed E-state index contributed by atoms with van der Waals surface area (Å²) >= 11 is 9.19. The van der Waals surface area contributed by atoms with E-state index in [1.165, 1.54) is 13.8 Å². The molecule has 1 aliphatic carbocycles. The maximum atomic E-state index is 11.9. The summed E-state index contributed by atoms with van der Waals surface area (Å²) in [4.78, 5) is 45.5. The predicted molar refractivity (Wildman–Crippen MR) is 103 cm³/mol. The number of alkyl halides is 3. The van der Waals surface area contributed by atoms with E-state index >= 15 is 0 Å². The average molecular weight is 580 g/mol. The van der Waals surface area contributed by atoms with Crippen molar-refractivity contribution in [2.24, 2.45) is 5.92 Å². The Bertz CT molecular complexity index is 546. The molecular weight excluding hydrogens is 560 g/mol. The third-order valence-electron chi connectivity index (χ3n) is 3.86. The zero-order valence-corrected chi connectivity index (χ0v) is 19.6. The summed E-state index contributed by atoms with van der Waals surface area (Å²) in [6.45, 7) is 4.61. The van der Waals surface area contributed by atoms with Crippen molar-refractivity contribution in [1.82, 2.24) is 0 Å². The van der Waals surface area contributed by atoms with E-state index in [4.69, 9.17) is 14.2 Å². The molecule has 11 heteroatoms. The van der Waals surface area contributed by atoms with Crippen LogP contribution in [0.4, 0.5) is 0 Å². The van der Waals surface area contributed by atoms with Gasteiger partial charge in [0.15, 0.2) is 0 Å². The monoisotopic (exact) mass is 577 g/mol. The molecule has 0 heterocycles. The Labute approximate surface area is 182 Å². The van der Waals surface area contributed by atoms with Crippen LogP contribution in [0.25, 0.3) is 0 Å². The molecular formula is C16H20Br3O8-. The topological polar surface area (TPSA) is 119 Å². The van der Waals surface area contributed by atoms with Crippen molar-refractivity contribution in [2.75, 3.05) is 0 Å². The molecule has 1 saturated carbocycles. The summed E-state index contributed by atoms with van der Waals surface area (Å²) in [6, 6.07) is 0. The van der Waals surface area contributed by atoms with Gasteiger partial charge in [-0.25, -0.2) is 0 Å². The van der Waals surface area contributed by atoms with Gasteiger partial charge in [-0.15, -0.1) is 0 Å². The molecule has 1 rings (SSSR count). The van der Waals surface area contributed by atoms with Crippen LogP contribution in [0.15, 0.2) is 0 Å². The minimum absolute atomic E-state index is 0.0481. The minimum Gasteiger partial charge on any atom is -0.550 e. The number of hydrogen-bond donors (Lipinski definition) is 0. The van der Waals surface area contributed by atoms with Crippen LogP contribution in [0.3, 0.4) is 0 Å². The summed E-state index contributed by atoms with van der Waals surface area (Å²) in [5.74, 6) is -4.85. The third-order valence-corrected chi connectivity index (χ3v) is 4.98. The number of carbonyl (C=O) groups is 4. The van der Waals surface area contributed by atoms with E-state index in [2.05, 4.69) is 47.8 Å². The van der Waals surface area contributed by atoms with Gasteiger partial charge in [0.05, 0.1) is 11.9 Å². The Balaban J connectivity index is 3.10. The van der Waals surface area contributed by atoms with Crippen LogP contribution in [-0.4, -0.2) is 56.7 Å². The predicted octanol–water partition coefficient (Wildman–Crippen LogP) is 1.23. The normalized spacial score (nSPS) is 28.4. The van der Waals surface area contributed by atoms with Gasteiger partial charge >= 0.3 is 17.9 Å². The molecule has 0 saturated heterocycles. The van der Waals surface area contributed by atoms with Crippen LogP contribution in [0, 0.1) is 5.92 Å². The molecule has 1 fully saturated rings. The second-order valence-electron chi connectivity index (χ2n) is 6.17. The number of carboxylic acid groups (broad SMARTS) is 1. The quantitative estimate of drug-likeness (QED) is 0.251. The number of carboxylic acids is 1.